The topological polar surface area (TPSA) is 0 Å². The Bertz CT molecular complexity index is 239. The summed E-state index contributed by atoms with van der Waals surface area (Å²) in [7, 11) is 0. The quantitative estimate of drug-likeness (QED) is 0.544. The van der Waals surface area contributed by atoms with Crippen molar-refractivity contribution in [2.45, 2.75) is 33.6 Å². The van der Waals surface area contributed by atoms with Gasteiger partial charge in [0, 0.05) is 0 Å². The monoisotopic (exact) mass is 176 g/mol. The van der Waals surface area contributed by atoms with Crippen LogP contribution in [0.5, 0.6) is 0 Å². The molecule has 0 saturated carbocycles. The van der Waals surface area contributed by atoms with Crippen LogP contribution in [0, 0.1) is 0 Å². The molecule has 13 heavy (non-hydrogen) atoms. The highest BCUT2D eigenvalue weighted by Gasteiger charge is 1.93. The summed E-state index contributed by atoms with van der Waals surface area (Å²) >= 11 is 0. The third-order valence-corrected chi connectivity index (χ3v) is 1.85. The van der Waals surface area contributed by atoms with Gasteiger partial charge in [-0.05, 0) is 25.8 Å². The van der Waals surface area contributed by atoms with E-state index in [1.807, 2.05) is 13.0 Å². The van der Waals surface area contributed by atoms with E-state index in [0.29, 0.717) is 0 Å². The number of hydrogen-bond donors (Lipinski definition) is 0. The van der Waals surface area contributed by atoms with E-state index in [4.69, 9.17) is 0 Å². The minimum atomic E-state index is 1.11. The summed E-state index contributed by atoms with van der Waals surface area (Å²) in [5.74, 6) is 0. The zero-order valence-corrected chi connectivity index (χ0v) is 9.06. The third-order valence-electron chi connectivity index (χ3n) is 1.85. The van der Waals surface area contributed by atoms with Crippen molar-refractivity contribution in [3.05, 3.63) is 48.1 Å². The van der Waals surface area contributed by atoms with Crippen molar-refractivity contribution in [1.82, 2.24) is 0 Å². The Kier molecular flexibility index (Phi) is 5.96. The largest absolute Gasteiger partial charge is 0.0988 e. The first kappa shape index (κ1) is 12.0. The zero-order chi connectivity index (χ0) is 10.3. The van der Waals surface area contributed by atoms with E-state index in [9.17, 15) is 0 Å². The number of unbranched alkanes of at least 4 members (excludes halogenated alkanes) is 1. The fourth-order valence-electron chi connectivity index (χ4n) is 0.960. The average molecular weight is 176 g/mol. The summed E-state index contributed by atoms with van der Waals surface area (Å²) in [5.41, 5.74) is 3.54. The van der Waals surface area contributed by atoms with Gasteiger partial charge in [-0.3, -0.25) is 0 Å². The molecule has 0 N–H and O–H groups in total. The molecule has 0 rings (SSSR count). The van der Waals surface area contributed by atoms with Crippen LogP contribution in [0.1, 0.15) is 33.6 Å². The molecule has 0 nitrogen and oxygen atoms in total. The van der Waals surface area contributed by atoms with Gasteiger partial charge in [-0.1, -0.05) is 55.9 Å². The molecule has 0 aliphatic carbocycles. The molecule has 0 saturated heterocycles. The second kappa shape index (κ2) is 6.47. The van der Waals surface area contributed by atoms with E-state index in [1.165, 1.54) is 17.6 Å². The highest BCUT2D eigenvalue weighted by molar-refractivity contribution is 5.40. The highest BCUT2D eigenvalue weighted by atomic mass is 14.0. The first-order chi connectivity index (χ1) is 6.11. The van der Waals surface area contributed by atoms with Gasteiger partial charge >= 0.3 is 0 Å². The molecule has 0 atom stereocenters. The smallest absolute Gasteiger partial charge is 0.0271 e. The van der Waals surface area contributed by atoms with Gasteiger partial charge in [-0.15, -0.1) is 0 Å². The van der Waals surface area contributed by atoms with Gasteiger partial charge in [-0.2, -0.15) is 0 Å². The Balaban J connectivity index is 4.62. The van der Waals surface area contributed by atoms with Crippen LogP contribution in [-0.2, 0) is 0 Å². The predicted molar refractivity (Wildman–Crippen MR) is 61.8 cm³/mol. The van der Waals surface area contributed by atoms with Crippen LogP contribution in [0.2, 0.25) is 0 Å². The van der Waals surface area contributed by atoms with Crippen LogP contribution in [0.4, 0.5) is 0 Å². The standard InChI is InChI=1S/C13H20/c1-6-8-9-13(11(3)4)10-12(5)7-2/h7,9-10H,2-3,6,8H2,1,4-5H3/b12-10-,13-9-. The summed E-state index contributed by atoms with van der Waals surface area (Å²) in [4.78, 5) is 0. The van der Waals surface area contributed by atoms with Gasteiger partial charge in [0.05, 0.1) is 0 Å². The maximum Gasteiger partial charge on any atom is -0.0271 e. The molecule has 0 spiro atoms. The van der Waals surface area contributed by atoms with Crippen LogP contribution in [0.15, 0.2) is 48.1 Å². The lowest BCUT2D eigenvalue weighted by Crippen LogP contribution is -1.81. The molecule has 0 heteroatoms. The zero-order valence-electron chi connectivity index (χ0n) is 9.06. The van der Waals surface area contributed by atoms with Crippen LogP contribution in [0.3, 0.4) is 0 Å². The van der Waals surface area contributed by atoms with Crippen molar-refractivity contribution in [2.24, 2.45) is 0 Å². The molecule has 0 aromatic rings. The van der Waals surface area contributed by atoms with Crippen molar-refractivity contribution < 1.29 is 0 Å². The summed E-state index contributed by atoms with van der Waals surface area (Å²) in [5, 5.41) is 0. The molecule has 0 radical (unpaired) electrons. The lowest BCUT2D eigenvalue weighted by atomic mass is 10.0. The van der Waals surface area contributed by atoms with Crippen molar-refractivity contribution >= 4 is 0 Å². The Morgan fingerprint density at radius 1 is 1.31 bits per heavy atom. The van der Waals surface area contributed by atoms with Crippen molar-refractivity contribution in [2.75, 3.05) is 0 Å². The molecule has 0 bridgehead atoms. The molecule has 0 aromatic heterocycles. The minimum Gasteiger partial charge on any atom is -0.0988 e. The molecule has 0 unspecified atom stereocenters. The van der Waals surface area contributed by atoms with Gasteiger partial charge in [0.2, 0.25) is 0 Å². The molecule has 0 amide bonds. The SMILES string of the molecule is C=C/C(C)=C\C(=C\CCC)C(=C)C. The Morgan fingerprint density at radius 3 is 2.31 bits per heavy atom. The Morgan fingerprint density at radius 2 is 1.92 bits per heavy atom. The van der Waals surface area contributed by atoms with Crippen LogP contribution in [-0.4, -0.2) is 0 Å². The Hall–Kier alpha value is -1.04. The minimum absolute atomic E-state index is 1.11. The third kappa shape index (κ3) is 5.24. The van der Waals surface area contributed by atoms with Gasteiger partial charge in [0.25, 0.3) is 0 Å². The van der Waals surface area contributed by atoms with Crippen molar-refractivity contribution in [3.8, 4) is 0 Å². The van der Waals surface area contributed by atoms with E-state index in [2.05, 4.69) is 39.2 Å². The number of rotatable bonds is 5. The summed E-state index contributed by atoms with van der Waals surface area (Å²) in [6.07, 6.45) is 8.52. The first-order valence-corrected chi connectivity index (χ1v) is 4.78. The van der Waals surface area contributed by atoms with Gasteiger partial charge < -0.3 is 0 Å². The predicted octanol–water partition coefficient (Wildman–Crippen LogP) is 4.42. The second-order valence-corrected chi connectivity index (χ2v) is 3.32. The molecular formula is C13H20. The van der Waals surface area contributed by atoms with Gasteiger partial charge in [0.1, 0.15) is 0 Å². The highest BCUT2D eigenvalue weighted by Crippen LogP contribution is 2.13. The van der Waals surface area contributed by atoms with Crippen LogP contribution in [0.25, 0.3) is 0 Å². The molecule has 0 aliphatic rings. The number of allylic oxidation sites excluding steroid dienone is 6. The first-order valence-electron chi connectivity index (χ1n) is 4.78. The summed E-state index contributed by atoms with van der Waals surface area (Å²) < 4.78 is 0. The fourth-order valence-corrected chi connectivity index (χ4v) is 0.960. The lowest BCUT2D eigenvalue weighted by molar-refractivity contribution is 0.953. The summed E-state index contributed by atoms with van der Waals surface area (Å²) in [6.45, 7) is 13.9. The maximum atomic E-state index is 3.95. The molecule has 0 fully saturated rings. The molecular weight excluding hydrogens is 156 g/mol. The normalized spacial score (nSPS) is 12.8. The maximum absolute atomic E-state index is 3.95. The van der Waals surface area contributed by atoms with E-state index < -0.39 is 0 Å². The lowest BCUT2D eigenvalue weighted by Gasteiger charge is -2.01. The van der Waals surface area contributed by atoms with E-state index in [-0.39, 0.29) is 0 Å². The summed E-state index contributed by atoms with van der Waals surface area (Å²) in [6, 6.07) is 0. The molecule has 72 valence electrons. The van der Waals surface area contributed by atoms with E-state index in [1.54, 1.807) is 0 Å². The van der Waals surface area contributed by atoms with Crippen LogP contribution >= 0.6 is 0 Å². The van der Waals surface area contributed by atoms with E-state index in [0.717, 1.165) is 12.0 Å². The van der Waals surface area contributed by atoms with E-state index >= 15 is 0 Å². The molecule has 0 heterocycles. The van der Waals surface area contributed by atoms with Crippen LogP contribution < -0.4 is 0 Å². The second-order valence-electron chi connectivity index (χ2n) is 3.32. The van der Waals surface area contributed by atoms with Gasteiger partial charge in [-0.25, -0.2) is 0 Å². The molecule has 0 aromatic carbocycles. The number of hydrogen-bond acceptors (Lipinski definition) is 0. The van der Waals surface area contributed by atoms with Crippen molar-refractivity contribution in [1.29, 1.82) is 0 Å². The fraction of sp³-hybridized carbons (Fsp3) is 0.385. The Labute approximate surface area is 82.4 Å². The molecule has 0 aliphatic heterocycles. The average Bonchev–Trinajstić information content (AvgIpc) is 2.11. The van der Waals surface area contributed by atoms with Gasteiger partial charge in [0.15, 0.2) is 0 Å². The van der Waals surface area contributed by atoms with Crippen molar-refractivity contribution in [3.63, 3.8) is 0 Å².